The summed E-state index contributed by atoms with van der Waals surface area (Å²) in [6.07, 6.45) is 0.472. The highest BCUT2D eigenvalue weighted by atomic mass is 79.9. The van der Waals surface area contributed by atoms with Crippen molar-refractivity contribution in [1.82, 2.24) is 4.72 Å². The van der Waals surface area contributed by atoms with Gasteiger partial charge in [-0.3, -0.25) is 0 Å². The second-order valence-corrected chi connectivity index (χ2v) is 5.84. The van der Waals surface area contributed by atoms with Gasteiger partial charge in [0.25, 0.3) is 0 Å². The third kappa shape index (κ3) is 4.74. The van der Waals surface area contributed by atoms with Crippen LogP contribution in [0.3, 0.4) is 0 Å². The molecule has 0 amide bonds. The fraction of sp³-hybridized carbons (Fsp3) is 0.333. The predicted octanol–water partition coefficient (Wildman–Crippen LogP) is 2.43. The van der Waals surface area contributed by atoms with Gasteiger partial charge in [-0.05, 0) is 36.2 Å². The molecule has 0 saturated carbocycles. The zero-order valence-corrected chi connectivity index (χ0v) is 11.3. The number of nitrogens with zero attached hydrogens (tertiary/aromatic N) is 3. The zero-order valence-electron chi connectivity index (χ0n) is 8.88. The molecule has 6 nitrogen and oxygen atoms in total. The van der Waals surface area contributed by atoms with E-state index in [-0.39, 0.29) is 18.0 Å². The van der Waals surface area contributed by atoms with Crippen molar-refractivity contribution in [2.24, 2.45) is 5.11 Å². The first-order valence-electron chi connectivity index (χ1n) is 4.82. The van der Waals surface area contributed by atoms with Crippen LogP contribution in [0, 0.1) is 0 Å². The molecule has 1 rings (SSSR count). The van der Waals surface area contributed by atoms with Crippen LogP contribution in [-0.4, -0.2) is 21.5 Å². The van der Waals surface area contributed by atoms with Crippen LogP contribution in [0.5, 0.6) is 0 Å². The maximum absolute atomic E-state index is 11.7. The van der Waals surface area contributed by atoms with Gasteiger partial charge >= 0.3 is 0 Å². The molecule has 0 saturated heterocycles. The first kappa shape index (κ1) is 14.0. The average molecular weight is 319 g/mol. The van der Waals surface area contributed by atoms with E-state index in [1.54, 1.807) is 12.1 Å². The number of hydrogen-bond donors (Lipinski definition) is 1. The largest absolute Gasteiger partial charge is 0.240 e. The molecule has 0 radical (unpaired) electrons. The lowest BCUT2D eigenvalue weighted by Crippen LogP contribution is -2.25. The molecule has 8 heteroatoms. The van der Waals surface area contributed by atoms with E-state index in [1.165, 1.54) is 12.1 Å². The van der Waals surface area contributed by atoms with Crippen LogP contribution in [0.4, 0.5) is 0 Å². The molecule has 0 unspecified atom stereocenters. The maximum Gasteiger partial charge on any atom is 0.240 e. The first-order chi connectivity index (χ1) is 8.06. The van der Waals surface area contributed by atoms with Crippen molar-refractivity contribution < 1.29 is 8.42 Å². The maximum atomic E-state index is 11.7. The van der Waals surface area contributed by atoms with Crippen LogP contribution in [0.1, 0.15) is 6.42 Å². The zero-order chi connectivity index (χ0) is 12.7. The number of rotatable bonds is 6. The molecule has 0 atom stereocenters. The van der Waals surface area contributed by atoms with Gasteiger partial charge in [0.15, 0.2) is 0 Å². The Morgan fingerprint density at radius 1 is 1.35 bits per heavy atom. The third-order valence-electron chi connectivity index (χ3n) is 1.91. The van der Waals surface area contributed by atoms with Gasteiger partial charge in [0.1, 0.15) is 0 Å². The second kappa shape index (κ2) is 6.61. The number of sulfonamides is 1. The quantitative estimate of drug-likeness (QED) is 0.377. The van der Waals surface area contributed by atoms with E-state index >= 15 is 0 Å². The van der Waals surface area contributed by atoms with E-state index in [9.17, 15) is 8.42 Å². The molecule has 0 heterocycles. The van der Waals surface area contributed by atoms with Crippen molar-refractivity contribution in [2.75, 3.05) is 13.1 Å². The lowest BCUT2D eigenvalue weighted by molar-refractivity contribution is 0.579. The van der Waals surface area contributed by atoms with Crippen LogP contribution in [-0.2, 0) is 10.0 Å². The molecule has 0 fully saturated rings. The Labute approximate surface area is 108 Å². The standard InChI is InChI=1S/C9H11BrN4O2S/c10-8-2-4-9(5-3-8)17(15,16)13-7-1-6-12-14-11/h2-5,13H,1,6-7H2. The number of benzene rings is 1. The molecule has 0 spiro atoms. The number of nitrogens with one attached hydrogen (secondary N) is 1. The summed E-state index contributed by atoms with van der Waals surface area (Å²) in [4.78, 5) is 2.79. The number of azide groups is 1. The highest BCUT2D eigenvalue weighted by molar-refractivity contribution is 9.10. The molecule has 0 aromatic heterocycles. The summed E-state index contributed by atoms with van der Waals surface area (Å²) in [7, 11) is -3.47. The second-order valence-electron chi connectivity index (χ2n) is 3.16. The smallest absolute Gasteiger partial charge is 0.211 e. The fourth-order valence-electron chi connectivity index (χ4n) is 1.10. The molecule has 0 aliphatic rings. The molecule has 0 aliphatic heterocycles. The van der Waals surface area contributed by atoms with E-state index in [0.29, 0.717) is 6.42 Å². The highest BCUT2D eigenvalue weighted by Gasteiger charge is 2.12. The summed E-state index contributed by atoms with van der Waals surface area (Å²) in [6, 6.07) is 6.35. The van der Waals surface area contributed by atoms with E-state index < -0.39 is 10.0 Å². The van der Waals surface area contributed by atoms with Gasteiger partial charge in [-0.1, -0.05) is 21.0 Å². The Hall–Kier alpha value is -1.08. The summed E-state index contributed by atoms with van der Waals surface area (Å²) >= 11 is 3.23. The molecule has 92 valence electrons. The van der Waals surface area contributed by atoms with E-state index in [0.717, 1.165) is 4.47 Å². The number of hydrogen-bond acceptors (Lipinski definition) is 3. The summed E-state index contributed by atoms with van der Waals surface area (Å²) in [5.74, 6) is 0. The molecular weight excluding hydrogens is 308 g/mol. The van der Waals surface area contributed by atoms with Gasteiger partial charge in [-0.15, -0.1) is 0 Å². The van der Waals surface area contributed by atoms with Crippen molar-refractivity contribution >= 4 is 26.0 Å². The number of halogens is 1. The van der Waals surface area contributed by atoms with E-state index in [4.69, 9.17) is 5.53 Å². The SMILES string of the molecule is [N-]=[N+]=NCCCNS(=O)(=O)c1ccc(Br)cc1. The van der Waals surface area contributed by atoms with E-state index in [2.05, 4.69) is 30.7 Å². The molecule has 1 aromatic carbocycles. The van der Waals surface area contributed by atoms with Crippen LogP contribution < -0.4 is 4.72 Å². The van der Waals surface area contributed by atoms with Gasteiger partial charge in [-0.25, -0.2) is 13.1 Å². The highest BCUT2D eigenvalue weighted by Crippen LogP contribution is 2.14. The fourth-order valence-corrected chi connectivity index (χ4v) is 2.44. The van der Waals surface area contributed by atoms with Crippen LogP contribution in [0.25, 0.3) is 10.4 Å². The van der Waals surface area contributed by atoms with E-state index in [1.807, 2.05) is 0 Å². The monoisotopic (exact) mass is 318 g/mol. The van der Waals surface area contributed by atoms with Gasteiger partial charge in [0.05, 0.1) is 4.90 Å². The molecule has 0 bridgehead atoms. The Morgan fingerprint density at radius 3 is 2.59 bits per heavy atom. The Kier molecular flexibility index (Phi) is 5.43. The van der Waals surface area contributed by atoms with Crippen molar-refractivity contribution in [3.8, 4) is 0 Å². The first-order valence-corrected chi connectivity index (χ1v) is 7.10. The third-order valence-corrected chi connectivity index (χ3v) is 3.92. The molecular formula is C9H11BrN4O2S. The minimum atomic E-state index is -3.47. The summed E-state index contributed by atoms with van der Waals surface area (Å²) in [6.45, 7) is 0.525. The predicted molar refractivity (Wildman–Crippen MR) is 68.0 cm³/mol. The van der Waals surface area contributed by atoms with Gasteiger partial charge in [-0.2, -0.15) is 0 Å². The Balaban J connectivity index is 2.57. The molecule has 0 aliphatic carbocycles. The lowest BCUT2D eigenvalue weighted by Gasteiger charge is -2.05. The molecule has 1 N–H and O–H groups in total. The topological polar surface area (TPSA) is 94.9 Å². The summed E-state index contributed by atoms with van der Waals surface area (Å²) in [5, 5.41) is 3.32. The lowest BCUT2D eigenvalue weighted by atomic mass is 10.4. The van der Waals surface area contributed by atoms with Crippen molar-refractivity contribution in [3.63, 3.8) is 0 Å². The Bertz CT molecular complexity index is 508. The van der Waals surface area contributed by atoms with Crippen molar-refractivity contribution in [1.29, 1.82) is 0 Å². The van der Waals surface area contributed by atoms with Crippen LogP contribution >= 0.6 is 15.9 Å². The van der Waals surface area contributed by atoms with Crippen LogP contribution in [0.2, 0.25) is 0 Å². The minimum Gasteiger partial charge on any atom is -0.211 e. The normalized spacial score (nSPS) is 10.9. The molecule has 1 aromatic rings. The van der Waals surface area contributed by atoms with Gasteiger partial charge in [0, 0.05) is 22.5 Å². The summed E-state index contributed by atoms with van der Waals surface area (Å²) < 4.78 is 26.7. The van der Waals surface area contributed by atoms with Crippen molar-refractivity contribution in [3.05, 3.63) is 39.2 Å². The van der Waals surface area contributed by atoms with Crippen LogP contribution in [0.15, 0.2) is 38.7 Å². The minimum absolute atomic E-state index is 0.212. The Morgan fingerprint density at radius 2 is 2.00 bits per heavy atom. The van der Waals surface area contributed by atoms with Gasteiger partial charge < -0.3 is 0 Å². The summed E-state index contributed by atoms with van der Waals surface area (Å²) in [5.41, 5.74) is 8.04. The van der Waals surface area contributed by atoms with Gasteiger partial charge in [0.2, 0.25) is 10.0 Å². The average Bonchev–Trinajstić information content (AvgIpc) is 2.29. The molecule has 17 heavy (non-hydrogen) atoms. The van der Waals surface area contributed by atoms with Crippen molar-refractivity contribution in [2.45, 2.75) is 11.3 Å².